The summed E-state index contributed by atoms with van der Waals surface area (Å²) in [6, 6.07) is 6.42. The number of likely N-dealkylation sites (tertiary alicyclic amines) is 1. The summed E-state index contributed by atoms with van der Waals surface area (Å²) >= 11 is 0. The minimum atomic E-state index is -0.350. The van der Waals surface area contributed by atoms with Crippen molar-refractivity contribution in [3.63, 3.8) is 0 Å². The average molecular weight is 441 g/mol. The smallest absolute Gasteiger partial charge is 0.272 e. The summed E-state index contributed by atoms with van der Waals surface area (Å²) in [6.45, 7) is 2.23. The molecule has 2 aliphatic heterocycles. The van der Waals surface area contributed by atoms with Gasteiger partial charge in [0.05, 0.1) is 18.6 Å². The van der Waals surface area contributed by atoms with Gasteiger partial charge in [0.15, 0.2) is 5.69 Å². The Morgan fingerprint density at radius 1 is 1.25 bits per heavy atom. The molecule has 1 spiro atoms. The first-order valence-corrected chi connectivity index (χ1v) is 11.4. The lowest BCUT2D eigenvalue weighted by Crippen LogP contribution is -2.51. The lowest BCUT2D eigenvalue weighted by atomic mass is 9.83. The molecule has 7 nitrogen and oxygen atoms in total. The Morgan fingerprint density at radius 2 is 2.00 bits per heavy atom. The van der Waals surface area contributed by atoms with Gasteiger partial charge in [0, 0.05) is 44.4 Å². The fourth-order valence-corrected chi connectivity index (χ4v) is 4.78. The fraction of sp³-hybridized carbons (Fsp3) is 0.542. The molecule has 8 heteroatoms. The first-order chi connectivity index (χ1) is 15.4. The van der Waals surface area contributed by atoms with E-state index < -0.39 is 0 Å². The van der Waals surface area contributed by atoms with E-state index in [1.165, 1.54) is 18.9 Å². The summed E-state index contributed by atoms with van der Waals surface area (Å²) in [5.74, 6) is 0.0911. The number of nitrogens with one attached hydrogen (secondary N) is 1. The minimum absolute atomic E-state index is 0.0587. The van der Waals surface area contributed by atoms with E-state index in [-0.39, 0.29) is 29.7 Å². The van der Waals surface area contributed by atoms with E-state index in [0.29, 0.717) is 62.7 Å². The molecule has 1 aromatic heterocycles. The zero-order chi connectivity index (χ0) is 22.3. The minimum Gasteiger partial charge on any atom is -0.370 e. The molecule has 1 N–H and O–H groups in total. The van der Waals surface area contributed by atoms with Gasteiger partial charge >= 0.3 is 0 Å². The van der Waals surface area contributed by atoms with E-state index >= 15 is 0 Å². The van der Waals surface area contributed by atoms with Crippen molar-refractivity contribution in [2.45, 2.75) is 50.7 Å². The molecule has 2 amide bonds. The molecular formula is C24H29FN4O3. The van der Waals surface area contributed by atoms with Crippen molar-refractivity contribution in [3.8, 4) is 0 Å². The third-order valence-electron chi connectivity index (χ3n) is 7.08. The van der Waals surface area contributed by atoms with Gasteiger partial charge in [0.1, 0.15) is 5.82 Å². The summed E-state index contributed by atoms with van der Waals surface area (Å²) in [6.07, 6.45) is 4.55. The molecule has 0 bridgehead atoms. The van der Waals surface area contributed by atoms with E-state index in [1.54, 1.807) is 27.8 Å². The maximum absolute atomic E-state index is 13.9. The van der Waals surface area contributed by atoms with Crippen LogP contribution in [0.15, 0.2) is 24.3 Å². The van der Waals surface area contributed by atoms with Gasteiger partial charge in [-0.05, 0) is 43.2 Å². The van der Waals surface area contributed by atoms with E-state index in [4.69, 9.17) is 4.74 Å². The predicted molar refractivity (Wildman–Crippen MR) is 115 cm³/mol. The highest BCUT2D eigenvalue weighted by Gasteiger charge is 2.42. The standard InChI is InChI=1S/C24H29FN4O3/c1-28-20-13-24(32-15-18(20)22(27-28)23(31)26-14-16-6-7-16)8-10-29(11-9-24)21(30)12-17-4-2-3-5-19(17)25/h2-5,16H,6-15H2,1H3,(H,26,31). The molecule has 0 atom stereocenters. The summed E-state index contributed by atoms with van der Waals surface area (Å²) < 4.78 is 22.0. The molecule has 1 aromatic carbocycles. The van der Waals surface area contributed by atoms with Crippen LogP contribution in [0, 0.1) is 11.7 Å². The molecular weight excluding hydrogens is 411 g/mol. The molecule has 0 radical (unpaired) electrons. The second-order valence-corrected chi connectivity index (χ2v) is 9.35. The third-order valence-corrected chi connectivity index (χ3v) is 7.08. The van der Waals surface area contributed by atoms with E-state index in [0.717, 1.165) is 11.3 Å². The lowest BCUT2D eigenvalue weighted by molar-refractivity contribution is -0.140. The third kappa shape index (κ3) is 4.16. The monoisotopic (exact) mass is 440 g/mol. The highest BCUT2D eigenvalue weighted by atomic mass is 19.1. The molecule has 5 rings (SSSR count). The zero-order valence-electron chi connectivity index (χ0n) is 18.4. The number of benzene rings is 1. The summed E-state index contributed by atoms with van der Waals surface area (Å²) in [7, 11) is 1.88. The number of hydrogen-bond donors (Lipinski definition) is 1. The Kier molecular flexibility index (Phi) is 5.49. The zero-order valence-corrected chi connectivity index (χ0v) is 18.4. The van der Waals surface area contributed by atoms with Crippen molar-refractivity contribution < 1.29 is 18.7 Å². The number of nitrogens with zero attached hydrogens (tertiary/aromatic N) is 3. The van der Waals surface area contributed by atoms with Crippen LogP contribution >= 0.6 is 0 Å². The number of amides is 2. The first-order valence-electron chi connectivity index (χ1n) is 11.4. The number of halogens is 1. The van der Waals surface area contributed by atoms with Crippen molar-refractivity contribution >= 4 is 11.8 Å². The molecule has 32 heavy (non-hydrogen) atoms. The molecule has 2 fully saturated rings. The van der Waals surface area contributed by atoms with Gasteiger partial charge < -0.3 is 15.0 Å². The molecule has 1 aliphatic carbocycles. The Hall–Kier alpha value is -2.74. The number of rotatable bonds is 5. The van der Waals surface area contributed by atoms with Crippen molar-refractivity contribution in [3.05, 3.63) is 52.6 Å². The van der Waals surface area contributed by atoms with Crippen molar-refractivity contribution in [1.82, 2.24) is 20.0 Å². The number of ether oxygens (including phenoxy) is 1. The molecule has 170 valence electrons. The molecule has 1 saturated carbocycles. The number of aromatic nitrogens is 2. The Bertz CT molecular complexity index is 1040. The second-order valence-electron chi connectivity index (χ2n) is 9.35. The maximum atomic E-state index is 13.9. The van der Waals surface area contributed by atoms with Crippen LogP contribution in [0.4, 0.5) is 4.39 Å². The number of piperidine rings is 1. The van der Waals surface area contributed by atoms with E-state index in [2.05, 4.69) is 10.4 Å². The molecule has 3 aliphatic rings. The van der Waals surface area contributed by atoms with Gasteiger partial charge in [-0.2, -0.15) is 5.10 Å². The van der Waals surface area contributed by atoms with Gasteiger partial charge in [0.2, 0.25) is 5.91 Å². The maximum Gasteiger partial charge on any atom is 0.272 e. The van der Waals surface area contributed by atoms with Crippen LogP contribution in [0.25, 0.3) is 0 Å². The van der Waals surface area contributed by atoms with Crippen LogP contribution in [-0.4, -0.2) is 51.7 Å². The van der Waals surface area contributed by atoms with Gasteiger partial charge in [-0.15, -0.1) is 0 Å². The number of carbonyl (C=O) groups excluding carboxylic acids is 2. The Labute approximate surface area is 186 Å². The Morgan fingerprint density at radius 3 is 2.72 bits per heavy atom. The first kappa shape index (κ1) is 21.1. The number of fused-ring (bicyclic) bond motifs is 1. The molecule has 3 heterocycles. The van der Waals surface area contributed by atoms with Crippen LogP contribution in [0.5, 0.6) is 0 Å². The Balaban J connectivity index is 1.22. The van der Waals surface area contributed by atoms with Crippen molar-refractivity contribution in [1.29, 1.82) is 0 Å². The highest BCUT2D eigenvalue weighted by Crippen LogP contribution is 2.37. The SMILES string of the molecule is Cn1nc(C(=O)NCC2CC2)c2c1CC1(CCN(C(=O)Cc3ccccc3F)CC1)OC2. The van der Waals surface area contributed by atoms with Crippen LogP contribution < -0.4 is 5.32 Å². The van der Waals surface area contributed by atoms with Crippen LogP contribution in [0.3, 0.4) is 0 Å². The summed E-state index contributed by atoms with van der Waals surface area (Å²) in [5.41, 5.74) is 2.47. The van der Waals surface area contributed by atoms with E-state index in [9.17, 15) is 14.0 Å². The summed E-state index contributed by atoms with van der Waals surface area (Å²) in [4.78, 5) is 27.1. The lowest BCUT2D eigenvalue weighted by Gasteiger charge is -2.44. The fourth-order valence-electron chi connectivity index (χ4n) is 4.78. The van der Waals surface area contributed by atoms with Gasteiger partial charge in [-0.25, -0.2) is 4.39 Å². The van der Waals surface area contributed by atoms with Crippen LogP contribution in [-0.2, 0) is 36.0 Å². The quantitative estimate of drug-likeness (QED) is 0.775. The number of carbonyl (C=O) groups is 2. The normalized spacial score (nSPS) is 19.6. The number of aryl methyl sites for hydroxylation is 1. The van der Waals surface area contributed by atoms with E-state index in [1.807, 2.05) is 7.05 Å². The molecule has 2 aromatic rings. The second kappa shape index (κ2) is 8.31. The van der Waals surface area contributed by atoms with Gasteiger partial charge in [-0.3, -0.25) is 14.3 Å². The van der Waals surface area contributed by atoms with Gasteiger partial charge in [0.25, 0.3) is 5.91 Å². The predicted octanol–water partition coefficient (Wildman–Crippen LogP) is 2.38. The molecule has 1 saturated heterocycles. The van der Waals surface area contributed by atoms with Crippen molar-refractivity contribution in [2.75, 3.05) is 19.6 Å². The molecule has 0 unspecified atom stereocenters. The largest absolute Gasteiger partial charge is 0.370 e. The highest BCUT2D eigenvalue weighted by molar-refractivity contribution is 5.94. The number of hydrogen-bond acceptors (Lipinski definition) is 4. The van der Waals surface area contributed by atoms with Crippen LogP contribution in [0.2, 0.25) is 0 Å². The van der Waals surface area contributed by atoms with Crippen LogP contribution in [0.1, 0.15) is 53.0 Å². The topological polar surface area (TPSA) is 76.5 Å². The van der Waals surface area contributed by atoms with Crippen molar-refractivity contribution in [2.24, 2.45) is 13.0 Å². The van der Waals surface area contributed by atoms with Gasteiger partial charge in [-0.1, -0.05) is 18.2 Å². The summed E-state index contributed by atoms with van der Waals surface area (Å²) in [5, 5.41) is 7.49. The average Bonchev–Trinajstić information content (AvgIpc) is 3.57.